The van der Waals surface area contributed by atoms with E-state index in [4.69, 9.17) is 9.47 Å². The van der Waals surface area contributed by atoms with Crippen LogP contribution in [-0.4, -0.2) is 36.3 Å². The number of hydrogen-bond donors (Lipinski definition) is 1. The standard InChI is InChI=1S/C18H25BrN2O3/c1-16(2,3)24-15(22)9-23-18(13-4-5-14(19)21-8-13)7-6-17(10-18)11-20-12-17/h4-5,8,20H,6-7,9-12H2,1-3H3. The van der Waals surface area contributed by atoms with Crippen molar-refractivity contribution in [3.63, 3.8) is 0 Å². The van der Waals surface area contributed by atoms with E-state index in [1.807, 2.05) is 39.1 Å². The Kier molecular flexibility index (Phi) is 4.75. The zero-order chi connectivity index (χ0) is 17.4. The fourth-order valence-electron chi connectivity index (χ4n) is 3.70. The first-order chi connectivity index (χ1) is 11.2. The largest absolute Gasteiger partial charge is 0.458 e. The lowest BCUT2D eigenvalue weighted by Crippen LogP contribution is -2.52. The van der Waals surface area contributed by atoms with Crippen LogP contribution in [0.5, 0.6) is 0 Å². The molecule has 0 aromatic carbocycles. The Morgan fingerprint density at radius 2 is 2.08 bits per heavy atom. The molecule has 1 saturated carbocycles. The summed E-state index contributed by atoms with van der Waals surface area (Å²) in [4.78, 5) is 16.5. The monoisotopic (exact) mass is 396 g/mol. The van der Waals surface area contributed by atoms with Gasteiger partial charge in [0.15, 0.2) is 0 Å². The highest BCUT2D eigenvalue weighted by molar-refractivity contribution is 9.10. The summed E-state index contributed by atoms with van der Waals surface area (Å²) in [5.41, 5.74) is 0.382. The second kappa shape index (κ2) is 6.39. The summed E-state index contributed by atoms with van der Waals surface area (Å²) in [6.45, 7) is 7.61. The van der Waals surface area contributed by atoms with E-state index >= 15 is 0 Å². The van der Waals surface area contributed by atoms with Gasteiger partial charge in [-0.3, -0.25) is 0 Å². The van der Waals surface area contributed by atoms with Crippen molar-refractivity contribution in [3.8, 4) is 0 Å². The molecule has 2 fully saturated rings. The number of pyridine rings is 1. The first-order valence-electron chi connectivity index (χ1n) is 8.41. The molecule has 0 amide bonds. The molecule has 1 aliphatic carbocycles. The first-order valence-corrected chi connectivity index (χ1v) is 9.20. The molecule has 1 spiro atoms. The fraction of sp³-hybridized carbons (Fsp3) is 0.667. The van der Waals surface area contributed by atoms with Gasteiger partial charge in [-0.25, -0.2) is 9.78 Å². The molecule has 0 radical (unpaired) electrons. The van der Waals surface area contributed by atoms with Gasteiger partial charge in [0.25, 0.3) is 0 Å². The number of esters is 1. The number of nitrogens with one attached hydrogen (secondary N) is 1. The Morgan fingerprint density at radius 3 is 2.58 bits per heavy atom. The minimum absolute atomic E-state index is 0.0309. The number of carbonyl (C=O) groups excluding carboxylic acids is 1. The second-order valence-electron chi connectivity index (χ2n) is 8.02. The van der Waals surface area contributed by atoms with Crippen LogP contribution in [0.3, 0.4) is 0 Å². The van der Waals surface area contributed by atoms with E-state index in [0.29, 0.717) is 5.41 Å². The summed E-state index contributed by atoms with van der Waals surface area (Å²) in [7, 11) is 0. The molecule has 1 aliphatic heterocycles. The number of aromatic nitrogens is 1. The van der Waals surface area contributed by atoms with E-state index in [2.05, 4.69) is 26.2 Å². The van der Waals surface area contributed by atoms with Gasteiger partial charge in [-0.15, -0.1) is 0 Å². The smallest absolute Gasteiger partial charge is 0.332 e. The number of rotatable bonds is 4. The van der Waals surface area contributed by atoms with Crippen LogP contribution in [0, 0.1) is 5.41 Å². The predicted molar refractivity (Wildman–Crippen MR) is 94.6 cm³/mol. The van der Waals surface area contributed by atoms with E-state index in [1.165, 1.54) is 0 Å². The maximum absolute atomic E-state index is 12.1. The lowest BCUT2D eigenvalue weighted by molar-refractivity contribution is -0.168. The molecule has 1 atom stereocenters. The topological polar surface area (TPSA) is 60.5 Å². The Morgan fingerprint density at radius 1 is 1.33 bits per heavy atom. The SMILES string of the molecule is CC(C)(C)OC(=O)COC1(c2ccc(Br)nc2)CCC2(CNC2)C1. The minimum Gasteiger partial charge on any atom is -0.458 e. The molecule has 6 heteroatoms. The Balaban J connectivity index is 1.76. The third-order valence-corrected chi connectivity index (χ3v) is 5.33. The molecular formula is C18H25BrN2O3. The van der Waals surface area contributed by atoms with Crippen molar-refractivity contribution in [1.29, 1.82) is 0 Å². The Bertz CT molecular complexity index is 608. The molecule has 0 bridgehead atoms. The van der Waals surface area contributed by atoms with Gasteiger partial charge in [0.2, 0.25) is 0 Å². The van der Waals surface area contributed by atoms with Gasteiger partial charge in [-0.05, 0) is 67.4 Å². The highest BCUT2D eigenvalue weighted by Crippen LogP contribution is 2.53. The number of halogens is 1. The third-order valence-electron chi connectivity index (χ3n) is 4.86. The van der Waals surface area contributed by atoms with Gasteiger partial charge in [-0.2, -0.15) is 0 Å². The summed E-state index contributed by atoms with van der Waals surface area (Å²) in [6.07, 6.45) is 4.77. The molecule has 1 saturated heterocycles. The quantitative estimate of drug-likeness (QED) is 0.625. The van der Waals surface area contributed by atoms with Crippen molar-refractivity contribution in [2.24, 2.45) is 5.41 Å². The number of hydrogen-bond acceptors (Lipinski definition) is 5. The molecule has 2 aliphatic rings. The number of carbonyl (C=O) groups is 1. The maximum atomic E-state index is 12.1. The normalized spacial score (nSPS) is 25.5. The van der Waals surface area contributed by atoms with Crippen LogP contribution in [-0.2, 0) is 19.9 Å². The molecule has 132 valence electrons. The van der Waals surface area contributed by atoms with Crippen LogP contribution < -0.4 is 5.32 Å². The first kappa shape index (κ1) is 17.8. The van der Waals surface area contributed by atoms with Gasteiger partial charge in [0.1, 0.15) is 16.8 Å². The molecule has 1 aromatic rings. The third kappa shape index (κ3) is 3.81. The van der Waals surface area contributed by atoms with Crippen LogP contribution in [0.15, 0.2) is 22.9 Å². The van der Waals surface area contributed by atoms with Crippen LogP contribution in [0.25, 0.3) is 0 Å². The Hall–Kier alpha value is -0.980. The van der Waals surface area contributed by atoms with Gasteiger partial charge >= 0.3 is 5.97 Å². The van der Waals surface area contributed by atoms with Crippen LogP contribution in [0.2, 0.25) is 0 Å². The zero-order valence-electron chi connectivity index (χ0n) is 14.5. The molecule has 3 rings (SSSR count). The van der Waals surface area contributed by atoms with Crippen LogP contribution in [0.4, 0.5) is 0 Å². The molecule has 5 nitrogen and oxygen atoms in total. The van der Waals surface area contributed by atoms with Crippen LogP contribution >= 0.6 is 15.9 Å². The van der Waals surface area contributed by atoms with E-state index in [9.17, 15) is 4.79 Å². The predicted octanol–water partition coefficient (Wildman–Crippen LogP) is 3.17. The lowest BCUT2D eigenvalue weighted by Gasteiger charge is -2.41. The Labute approximate surface area is 151 Å². The van der Waals surface area contributed by atoms with E-state index in [0.717, 1.165) is 42.5 Å². The van der Waals surface area contributed by atoms with Gasteiger partial charge in [0.05, 0.1) is 5.60 Å². The van der Waals surface area contributed by atoms with Gasteiger partial charge in [-0.1, -0.05) is 6.07 Å². The van der Waals surface area contributed by atoms with E-state index < -0.39 is 11.2 Å². The summed E-state index contributed by atoms with van der Waals surface area (Å²) in [5.74, 6) is -0.320. The van der Waals surface area contributed by atoms with Crippen molar-refractivity contribution >= 4 is 21.9 Å². The van der Waals surface area contributed by atoms with Crippen molar-refractivity contribution in [3.05, 3.63) is 28.5 Å². The summed E-state index contributed by atoms with van der Waals surface area (Å²) in [6, 6.07) is 3.97. The molecule has 1 N–H and O–H groups in total. The van der Waals surface area contributed by atoms with E-state index in [1.54, 1.807) is 0 Å². The average Bonchev–Trinajstić information content (AvgIpc) is 2.86. The molecule has 24 heavy (non-hydrogen) atoms. The van der Waals surface area contributed by atoms with Gasteiger partial charge in [0, 0.05) is 24.8 Å². The highest BCUT2D eigenvalue weighted by Gasteiger charge is 2.53. The molecular weight excluding hydrogens is 372 g/mol. The zero-order valence-corrected chi connectivity index (χ0v) is 16.1. The van der Waals surface area contributed by atoms with Gasteiger partial charge < -0.3 is 14.8 Å². The fourth-order valence-corrected chi connectivity index (χ4v) is 3.93. The molecule has 2 heterocycles. The molecule has 1 aromatic heterocycles. The van der Waals surface area contributed by atoms with Crippen molar-refractivity contribution in [1.82, 2.24) is 10.3 Å². The maximum Gasteiger partial charge on any atom is 0.332 e. The van der Waals surface area contributed by atoms with Crippen LogP contribution in [0.1, 0.15) is 45.6 Å². The number of ether oxygens (including phenoxy) is 2. The highest BCUT2D eigenvalue weighted by atomic mass is 79.9. The second-order valence-corrected chi connectivity index (χ2v) is 8.83. The average molecular weight is 397 g/mol. The molecule has 1 unspecified atom stereocenters. The minimum atomic E-state index is -0.498. The number of nitrogens with zero attached hydrogens (tertiary/aromatic N) is 1. The van der Waals surface area contributed by atoms with Crippen molar-refractivity contribution < 1.29 is 14.3 Å². The van der Waals surface area contributed by atoms with E-state index in [-0.39, 0.29) is 12.6 Å². The summed E-state index contributed by atoms with van der Waals surface area (Å²) >= 11 is 3.38. The lowest BCUT2D eigenvalue weighted by atomic mass is 9.78. The summed E-state index contributed by atoms with van der Waals surface area (Å²) < 4.78 is 12.4. The van der Waals surface area contributed by atoms with Crippen molar-refractivity contribution in [2.45, 2.75) is 51.2 Å². The van der Waals surface area contributed by atoms with Crippen molar-refractivity contribution in [2.75, 3.05) is 19.7 Å². The summed E-state index contributed by atoms with van der Waals surface area (Å²) in [5, 5.41) is 3.37.